The Morgan fingerprint density at radius 2 is 2.37 bits per heavy atom. The summed E-state index contributed by atoms with van der Waals surface area (Å²) in [5.41, 5.74) is 0.396. The van der Waals surface area contributed by atoms with Gasteiger partial charge in [-0.15, -0.1) is 0 Å². The van der Waals surface area contributed by atoms with Crippen molar-refractivity contribution >= 4 is 5.91 Å². The summed E-state index contributed by atoms with van der Waals surface area (Å²) in [4.78, 5) is 18.0. The van der Waals surface area contributed by atoms with Gasteiger partial charge in [-0.2, -0.15) is 0 Å². The van der Waals surface area contributed by atoms with Crippen molar-refractivity contribution in [2.24, 2.45) is 5.92 Å². The van der Waals surface area contributed by atoms with Gasteiger partial charge in [0.2, 0.25) is 5.91 Å². The Kier molecular flexibility index (Phi) is 4.20. The van der Waals surface area contributed by atoms with Crippen molar-refractivity contribution in [3.05, 3.63) is 30.1 Å². The van der Waals surface area contributed by atoms with E-state index in [1.54, 1.807) is 12.4 Å². The number of amides is 1. The molecule has 1 unspecified atom stereocenters. The van der Waals surface area contributed by atoms with Crippen LogP contribution in [0.3, 0.4) is 0 Å². The minimum Gasteiger partial charge on any atom is -0.390 e. The Hall–Kier alpha value is -1.42. The van der Waals surface area contributed by atoms with Crippen LogP contribution in [-0.4, -0.2) is 39.6 Å². The zero-order valence-corrected chi connectivity index (χ0v) is 11.7. The first kappa shape index (κ1) is 14.0. The molecule has 1 aliphatic rings. The Labute approximate surface area is 114 Å². The van der Waals surface area contributed by atoms with Gasteiger partial charge in [0.05, 0.1) is 5.60 Å². The van der Waals surface area contributed by atoms with Gasteiger partial charge in [-0.25, -0.2) is 0 Å². The molecule has 1 saturated heterocycles. The third kappa shape index (κ3) is 3.77. The molecule has 1 atom stereocenters. The molecule has 0 bridgehead atoms. The third-order valence-electron chi connectivity index (χ3n) is 3.89. The van der Waals surface area contributed by atoms with E-state index < -0.39 is 5.60 Å². The second-order valence-corrected chi connectivity index (χ2v) is 5.84. The second-order valence-electron chi connectivity index (χ2n) is 5.84. The molecule has 1 N–H and O–H groups in total. The Balaban J connectivity index is 1.82. The summed E-state index contributed by atoms with van der Waals surface area (Å²) in [6.07, 6.45) is 5.68. The Bertz CT molecular complexity index is 426. The molecule has 19 heavy (non-hydrogen) atoms. The van der Waals surface area contributed by atoms with Crippen LogP contribution in [0.5, 0.6) is 0 Å². The molecule has 1 aliphatic heterocycles. The number of nitrogens with zero attached hydrogens (tertiary/aromatic N) is 2. The lowest BCUT2D eigenvalue weighted by Crippen LogP contribution is -2.35. The maximum absolute atomic E-state index is 12.1. The summed E-state index contributed by atoms with van der Waals surface area (Å²) >= 11 is 0. The number of aliphatic hydroxyl groups is 1. The standard InChI is InChI=1S/C15H22N2O2/c1-15(2,19)13-7-9-17(11-13)14(18)6-5-12-4-3-8-16-10-12/h3-4,8,10,13,19H,5-7,9,11H2,1-2H3. The largest absolute Gasteiger partial charge is 0.390 e. The summed E-state index contributed by atoms with van der Waals surface area (Å²) in [5.74, 6) is 0.366. The van der Waals surface area contributed by atoms with E-state index in [9.17, 15) is 9.90 Å². The Morgan fingerprint density at radius 3 is 2.95 bits per heavy atom. The van der Waals surface area contributed by atoms with Crippen molar-refractivity contribution in [1.82, 2.24) is 9.88 Å². The summed E-state index contributed by atoms with van der Waals surface area (Å²) in [5, 5.41) is 9.98. The van der Waals surface area contributed by atoms with Gasteiger partial charge in [0.25, 0.3) is 0 Å². The highest BCUT2D eigenvalue weighted by Gasteiger charge is 2.34. The predicted octanol–water partition coefficient (Wildman–Crippen LogP) is 1.63. The first-order valence-corrected chi connectivity index (χ1v) is 6.86. The average Bonchev–Trinajstić information content (AvgIpc) is 2.87. The molecule has 1 aromatic rings. The lowest BCUT2D eigenvalue weighted by molar-refractivity contribution is -0.130. The topological polar surface area (TPSA) is 53.4 Å². The average molecular weight is 262 g/mol. The zero-order chi connectivity index (χ0) is 13.9. The molecule has 0 spiro atoms. The van der Waals surface area contributed by atoms with Gasteiger partial charge in [-0.3, -0.25) is 9.78 Å². The van der Waals surface area contributed by atoms with E-state index in [0.29, 0.717) is 13.0 Å². The summed E-state index contributed by atoms with van der Waals surface area (Å²) in [6, 6.07) is 3.88. The van der Waals surface area contributed by atoms with E-state index in [-0.39, 0.29) is 11.8 Å². The molecule has 4 nitrogen and oxygen atoms in total. The molecule has 2 rings (SSSR count). The monoisotopic (exact) mass is 262 g/mol. The molecule has 0 aromatic carbocycles. The normalized spacial score (nSPS) is 19.7. The number of aryl methyl sites for hydroxylation is 1. The van der Waals surface area contributed by atoms with Crippen molar-refractivity contribution in [1.29, 1.82) is 0 Å². The van der Waals surface area contributed by atoms with Crippen LogP contribution in [0.25, 0.3) is 0 Å². The van der Waals surface area contributed by atoms with Gasteiger partial charge in [-0.1, -0.05) is 6.07 Å². The first-order valence-electron chi connectivity index (χ1n) is 6.86. The minimum atomic E-state index is -0.696. The highest BCUT2D eigenvalue weighted by molar-refractivity contribution is 5.76. The number of carbonyl (C=O) groups excluding carboxylic acids is 1. The fourth-order valence-corrected chi connectivity index (χ4v) is 2.52. The summed E-state index contributed by atoms with van der Waals surface area (Å²) in [7, 11) is 0. The number of hydrogen-bond donors (Lipinski definition) is 1. The van der Waals surface area contributed by atoms with Crippen LogP contribution in [-0.2, 0) is 11.2 Å². The lowest BCUT2D eigenvalue weighted by atomic mass is 9.90. The Morgan fingerprint density at radius 1 is 1.58 bits per heavy atom. The van der Waals surface area contributed by atoms with Gasteiger partial charge < -0.3 is 10.0 Å². The van der Waals surface area contributed by atoms with Crippen LogP contribution in [0.4, 0.5) is 0 Å². The predicted molar refractivity (Wildman–Crippen MR) is 73.5 cm³/mol. The summed E-state index contributed by atoms with van der Waals surface area (Å²) < 4.78 is 0. The van der Waals surface area contributed by atoms with Crippen LogP contribution >= 0.6 is 0 Å². The molecule has 1 fully saturated rings. The van der Waals surface area contributed by atoms with E-state index in [1.165, 1.54) is 0 Å². The second kappa shape index (κ2) is 5.70. The molecule has 4 heteroatoms. The van der Waals surface area contributed by atoms with E-state index in [1.807, 2.05) is 30.9 Å². The fraction of sp³-hybridized carbons (Fsp3) is 0.600. The molecule has 0 radical (unpaired) electrons. The van der Waals surface area contributed by atoms with Crippen molar-refractivity contribution < 1.29 is 9.90 Å². The van der Waals surface area contributed by atoms with Crippen LogP contribution in [0.15, 0.2) is 24.5 Å². The zero-order valence-electron chi connectivity index (χ0n) is 11.7. The fourth-order valence-electron chi connectivity index (χ4n) is 2.52. The number of likely N-dealkylation sites (tertiary alicyclic amines) is 1. The molecule has 0 aliphatic carbocycles. The SMILES string of the molecule is CC(C)(O)C1CCN(C(=O)CCc2cccnc2)C1. The van der Waals surface area contributed by atoms with Gasteiger partial charge >= 0.3 is 0 Å². The van der Waals surface area contributed by atoms with Crippen molar-refractivity contribution in [3.63, 3.8) is 0 Å². The van der Waals surface area contributed by atoms with Crippen LogP contribution in [0, 0.1) is 5.92 Å². The number of aromatic nitrogens is 1. The highest BCUT2D eigenvalue weighted by atomic mass is 16.3. The van der Waals surface area contributed by atoms with Gasteiger partial charge in [-0.05, 0) is 38.3 Å². The van der Waals surface area contributed by atoms with E-state index in [4.69, 9.17) is 0 Å². The minimum absolute atomic E-state index is 0.176. The van der Waals surface area contributed by atoms with Crippen LogP contribution in [0.2, 0.25) is 0 Å². The van der Waals surface area contributed by atoms with Crippen LogP contribution in [0.1, 0.15) is 32.3 Å². The van der Waals surface area contributed by atoms with Crippen LogP contribution < -0.4 is 0 Å². The molecule has 104 valence electrons. The number of carbonyl (C=O) groups is 1. The molecule has 2 heterocycles. The number of hydrogen-bond acceptors (Lipinski definition) is 3. The lowest BCUT2D eigenvalue weighted by Gasteiger charge is -2.25. The quantitative estimate of drug-likeness (QED) is 0.897. The van der Waals surface area contributed by atoms with Crippen molar-refractivity contribution in [3.8, 4) is 0 Å². The highest BCUT2D eigenvalue weighted by Crippen LogP contribution is 2.27. The van der Waals surface area contributed by atoms with E-state index >= 15 is 0 Å². The molecular weight excluding hydrogens is 240 g/mol. The third-order valence-corrected chi connectivity index (χ3v) is 3.89. The molecule has 1 aromatic heterocycles. The van der Waals surface area contributed by atoms with E-state index in [0.717, 1.165) is 24.9 Å². The van der Waals surface area contributed by atoms with Gasteiger partial charge in [0, 0.05) is 37.8 Å². The molecule has 1 amide bonds. The number of rotatable bonds is 4. The maximum atomic E-state index is 12.1. The van der Waals surface area contributed by atoms with Gasteiger partial charge in [0.1, 0.15) is 0 Å². The van der Waals surface area contributed by atoms with Crippen molar-refractivity contribution in [2.75, 3.05) is 13.1 Å². The summed E-state index contributed by atoms with van der Waals surface area (Å²) in [6.45, 7) is 5.08. The smallest absolute Gasteiger partial charge is 0.222 e. The number of pyridine rings is 1. The maximum Gasteiger partial charge on any atom is 0.222 e. The molecular formula is C15H22N2O2. The molecule has 0 saturated carbocycles. The van der Waals surface area contributed by atoms with Crippen molar-refractivity contribution in [2.45, 2.75) is 38.7 Å². The van der Waals surface area contributed by atoms with E-state index in [2.05, 4.69) is 4.98 Å². The first-order chi connectivity index (χ1) is 8.97. The van der Waals surface area contributed by atoms with Gasteiger partial charge in [0.15, 0.2) is 0 Å².